The fraction of sp³-hybridized carbons (Fsp3) is 0.615. The Hall–Kier alpha value is -1.05. The van der Waals surface area contributed by atoms with Gasteiger partial charge in [-0.05, 0) is 19.3 Å². The van der Waals surface area contributed by atoms with E-state index in [0.717, 1.165) is 25.8 Å². The second-order valence-corrected chi connectivity index (χ2v) is 4.02. The van der Waals surface area contributed by atoms with E-state index in [2.05, 4.69) is 24.4 Å². The molecular weight excluding hydrogens is 186 g/mol. The number of unbranched alkanes of at least 4 members (excludes halogenated alkanes) is 2. The smallest absolute Gasteiger partial charge is 0.223 e. The molecule has 1 aliphatic carbocycles. The lowest BCUT2D eigenvalue weighted by Crippen LogP contribution is -2.30. The van der Waals surface area contributed by atoms with Crippen molar-refractivity contribution in [2.24, 2.45) is 5.92 Å². The van der Waals surface area contributed by atoms with Crippen LogP contribution in [0, 0.1) is 5.92 Å². The highest BCUT2D eigenvalue weighted by molar-refractivity contribution is 5.79. The Labute approximate surface area is 92.4 Å². The van der Waals surface area contributed by atoms with Crippen LogP contribution in [0.3, 0.4) is 0 Å². The molecule has 1 N–H and O–H groups in total. The van der Waals surface area contributed by atoms with Crippen molar-refractivity contribution in [3.63, 3.8) is 0 Å². The first-order valence-electron chi connectivity index (χ1n) is 5.94. The maximum Gasteiger partial charge on any atom is 0.223 e. The molecule has 1 amide bonds. The molecule has 0 aromatic heterocycles. The molecule has 1 rings (SSSR count). The molecule has 15 heavy (non-hydrogen) atoms. The summed E-state index contributed by atoms with van der Waals surface area (Å²) in [6, 6.07) is 0. The summed E-state index contributed by atoms with van der Waals surface area (Å²) >= 11 is 0. The molecule has 2 nitrogen and oxygen atoms in total. The highest BCUT2D eigenvalue weighted by atomic mass is 16.1. The summed E-state index contributed by atoms with van der Waals surface area (Å²) in [5, 5.41) is 3.01. The van der Waals surface area contributed by atoms with Crippen LogP contribution in [0.1, 0.15) is 39.0 Å². The molecule has 0 atom stereocenters. The second kappa shape index (κ2) is 7.27. The van der Waals surface area contributed by atoms with Crippen LogP contribution in [-0.2, 0) is 4.79 Å². The Kier molecular flexibility index (Phi) is 5.83. The van der Waals surface area contributed by atoms with Crippen molar-refractivity contribution in [3.05, 3.63) is 24.3 Å². The quantitative estimate of drug-likeness (QED) is 0.690. The molecule has 0 fully saturated rings. The summed E-state index contributed by atoms with van der Waals surface area (Å²) in [5.41, 5.74) is 0. The van der Waals surface area contributed by atoms with Gasteiger partial charge in [0.2, 0.25) is 5.91 Å². The van der Waals surface area contributed by atoms with Gasteiger partial charge in [0.25, 0.3) is 0 Å². The van der Waals surface area contributed by atoms with Crippen LogP contribution in [-0.4, -0.2) is 12.5 Å². The second-order valence-electron chi connectivity index (χ2n) is 4.02. The predicted molar refractivity (Wildman–Crippen MR) is 63.5 cm³/mol. The van der Waals surface area contributed by atoms with Gasteiger partial charge < -0.3 is 5.32 Å². The molecule has 0 spiro atoms. The van der Waals surface area contributed by atoms with E-state index in [1.54, 1.807) is 0 Å². The SMILES string of the molecule is CCCCCNC(=O)C1CC=CC=CC1. The lowest BCUT2D eigenvalue weighted by molar-refractivity contribution is -0.124. The Morgan fingerprint density at radius 1 is 1.27 bits per heavy atom. The first-order valence-corrected chi connectivity index (χ1v) is 5.94. The number of carbonyl (C=O) groups excluding carboxylic acids is 1. The zero-order chi connectivity index (χ0) is 10.9. The summed E-state index contributed by atoms with van der Waals surface area (Å²) in [5.74, 6) is 0.351. The first-order chi connectivity index (χ1) is 7.34. The third kappa shape index (κ3) is 4.82. The summed E-state index contributed by atoms with van der Waals surface area (Å²) < 4.78 is 0. The Morgan fingerprint density at radius 2 is 1.93 bits per heavy atom. The first kappa shape index (κ1) is 12.0. The number of allylic oxidation sites excluding steroid dienone is 4. The average molecular weight is 207 g/mol. The fourth-order valence-electron chi connectivity index (χ4n) is 1.68. The number of rotatable bonds is 5. The van der Waals surface area contributed by atoms with Crippen molar-refractivity contribution in [2.75, 3.05) is 6.54 Å². The third-order valence-electron chi connectivity index (χ3n) is 2.67. The van der Waals surface area contributed by atoms with Crippen molar-refractivity contribution in [2.45, 2.75) is 39.0 Å². The van der Waals surface area contributed by atoms with Crippen molar-refractivity contribution in [3.8, 4) is 0 Å². The maximum atomic E-state index is 11.7. The average Bonchev–Trinajstić information content (AvgIpc) is 2.52. The zero-order valence-corrected chi connectivity index (χ0v) is 9.54. The van der Waals surface area contributed by atoms with Crippen molar-refractivity contribution in [1.29, 1.82) is 0 Å². The van der Waals surface area contributed by atoms with Crippen molar-refractivity contribution >= 4 is 5.91 Å². The van der Waals surface area contributed by atoms with Crippen LogP contribution in [0.2, 0.25) is 0 Å². The van der Waals surface area contributed by atoms with E-state index in [1.165, 1.54) is 12.8 Å². The van der Waals surface area contributed by atoms with Crippen molar-refractivity contribution < 1.29 is 4.79 Å². The minimum Gasteiger partial charge on any atom is -0.356 e. The monoisotopic (exact) mass is 207 g/mol. The van der Waals surface area contributed by atoms with E-state index in [0.29, 0.717) is 0 Å². The molecule has 0 aromatic rings. The zero-order valence-electron chi connectivity index (χ0n) is 9.54. The van der Waals surface area contributed by atoms with Gasteiger partial charge in [0.15, 0.2) is 0 Å². The normalized spacial score (nSPS) is 16.3. The van der Waals surface area contributed by atoms with Gasteiger partial charge in [0, 0.05) is 12.5 Å². The third-order valence-corrected chi connectivity index (χ3v) is 2.67. The maximum absolute atomic E-state index is 11.7. The highest BCUT2D eigenvalue weighted by Crippen LogP contribution is 2.13. The van der Waals surface area contributed by atoms with Gasteiger partial charge in [0.05, 0.1) is 0 Å². The van der Waals surface area contributed by atoms with Gasteiger partial charge in [-0.25, -0.2) is 0 Å². The van der Waals surface area contributed by atoms with Crippen LogP contribution in [0.15, 0.2) is 24.3 Å². The van der Waals surface area contributed by atoms with E-state index in [9.17, 15) is 4.79 Å². The Balaban J connectivity index is 2.21. The van der Waals surface area contributed by atoms with Crippen molar-refractivity contribution in [1.82, 2.24) is 5.32 Å². The number of amides is 1. The molecule has 0 heterocycles. The van der Waals surface area contributed by atoms with Gasteiger partial charge in [-0.3, -0.25) is 4.79 Å². The predicted octanol–water partition coefficient (Wildman–Crippen LogP) is 2.82. The molecule has 0 radical (unpaired) electrons. The molecular formula is C13H21NO. The summed E-state index contributed by atoms with van der Waals surface area (Å²) in [6.07, 6.45) is 13.4. The number of carbonyl (C=O) groups is 1. The molecule has 1 aliphatic rings. The van der Waals surface area contributed by atoms with Crippen LogP contribution < -0.4 is 5.32 Å². The van der Waals surface area contributed by atoms with Crippen LogP contribution in [0.5, 0.6) is 0 Å². The van der Waals surface area contributed by atoms with Crippen LogP contribution in [0.25, 0.3) is 0 Å². The summed E-state index contributed by atoms with van der Waals surface area (Å²) in [6.45, 7) is 3.00. The molecule has 0 aromatic carbocycles. The molecule has 0 saturated heterocycles. The largest absolute Gasteiger partial charge is 0.356 e. The molecule has 0 bridgehead atoms. The lowest BCUT2D eigenvalue weighted by atomic mass is 10.0. The van der Waals surface area contributed by atoms with E-state index < -0.39 is 0 Å². The molecule has 0 aliphatic heterocycles. The molecule has 84 valence electrons. The highest BCUT2D eigenvalue weighted by Gasteiger charge is 2.15. The van der Waals surface area contributed by atoms with Crippen LogP contribution in [0.4, 0.5) is 0 Å². The van der Waals surface area contributed by atoms with Crippen LogP contribution >= 0.6 is 0 Å². The number of nitrogens with one attached hydrogen (secondary N) is 1. The summed E-state index contributed by atoms with van der Waals surface area (Å²) in [7, 11) is 0. The number of hydrogen-bond donors (Lipinski definition) is 1. The topological polar surface area (TPSA) is 29.1 Å². The van der Waals surface area contributed by atoms with E-state index >= 15 is 0 Å². The van der Waals surface area contributed by atoms with E-state index in [1.807, 2.05) is 12.2 Å². The van der Waals surface area contributed by atoms with Gasteiger partial charge >= 0.3 is 0 Å². The summed E-state index contributed by atoms with van der Waals surface area (Å²) in [4.78, 5) is 11.7. The van der Waals surface area contributed by atoms with Gasteiger partial charge in [-0.2, -0.15) is 0 Å². The van der Waals surface area contributed by atoms with Gasteiger partial charge in [0.1, 0.15) is 0 Å². The minimum absolute atomic E-state index is 0.140. The molecule has 2 heteroatoms. The minimum atomic E-state index is 0.140. The van der Waals surface area contributed by atoms with E-state index in [4.69, 9.17) is 0 Å². The lowest BCUT2D eigenvalue weighted by Gasteiger charge is -2.12. The Bertz CT molecular complexity index is 229. The molecule has 0 unspecified atom stereocenters. The molecule has 0 saturated carbocycles. The van der Waals surface area contributed by atoms with Gasteiger partial charge in [-0.15, -0.1) is 0 Å². The Morgan fingerprint density at radius 3 is 2.53 bits per heavy atom. The fourth-order valence-corrected chi connectivity index (χ4v) is 1.68. The number of hydrogen-bond acceptors (Lipinski definition) is 1. The van der Waals surface area contributed by atoms with E-state index in [-0.39, 0.29) is 11.8 Å². The standard InChI is InChI=1S/C13H21NO/c1-2-3-8-11-14-13(15)12-9-6-4-5-7-10-12/h4-7,12H,2-3,8-11H2,1H3,(H,14,15). The van der Waals surface area contributed by atoms with Gasteiger partial charge in [-0.1, -0.05) is 44.1 Å².